The van der Waals surface area contributed by atoms with Gasteiger partial charge in [0.05, 0.1) is 6.61 Å². The maximum Gasteiger partial charge on any atom is 0.472 e. The Balaban J connectivity index is 2.56. The Morgan fingerprint density at radius 1 is 0.567 bits per heavy atom. The van der Waals surface area contributed by atoms with Gasteiger partial charge in [0.2, 0.25) is 0 Å². The van der Waals surface area contributed by atoms with Gasteiger partial charge in [0.15, 0.2) is 11.9 Å². The van der Waals surface area contributed by atoms with Crippen molar-refractivity contribution in [2.45, 2.75) is 179 Å². The molecule has 60 heavy (non-hydrogen) atoms. The fraction of sp³-hybridized carbons (Fsp3) is 0.667. The molecule has 8 atom stereocenters. The zero-order chi connectivity index (χ0) is 44.4. The van der Waals surface area contributed by atoms with Crippen molar-refractivity contribution < 1.29 is 67.9 Å². The number of carbonyl (C=O) groups is 3. The summed E-state index contributed by atoms with van der Waals surface area (Å²) in [6.45, 7) is 2.98. The van der Waals surface area contributed by atoms with Crippen LogP contribution in [0.2, 0.25) is 0 Å². The standard InChI is InChI=1S/C45H73O14P/c1-3-5-7-8-9-10-11-12-15-19-22-25-29-33-39(48)58-37(35-57-60(54,55)59-45-43(52)41(50)40(49)42(51)44(45)53)34-56-38(47)32-28-24-21-18-16-13-14-17-20-23-27-31-36(46)30-26-6-4-2/h7-8,10-11,13-14,18,20-21,23,27,31,37,40-45,49-53H,3-6,9,12,15-17,19,22,24-26,28-30,32-35H2,1-2H3,(H,54,55)/b8-7-,11-10-,14-13-,21-18-,23-20-,31-27+/t37-,40?,41-,42+,43-,44-,45?/m1/s1. The largest absolute Gasteiger partial charge is 0.472 e. The van der Waals surface area contributed by atoms with E-state index in [2.05, 4.69) is 38.2 Å². The van der Waals surface area contributed by atoms with Gasteiger partial charge in [-0.2, -0.15) is 0 Å². The van der Waals surface area contributed by atoms with Crippen molar-refractivity contribution in [3.8, 4) is 0 Å². The second kappa shape index (κ2) is 34.5. The Bertz CT molecular complexity index is 1390. The summed E-state index contributed by atoms with van der Waals surface area (Å²) in [6.07, 6.45) is 25.2. The molecule has 1 aliphatic rings. The van der Waals surface area contributed by atoms with Crippen molar-refractivity contribution in [3.05, 3.63) is 72.9 Å². The first-order valence-electron chi connectivity index (χ1n) is 21.7. The number of ether oxygens (including phenoxy) is 2. The second-order valence-corrected chi connectivity index (χ2v) is 16.3. The van der Waals surface area contributed by atoms with E-state index in [1.54, 1.807) is 12.2 Å². The van der Waals surface area contributed by atoms with Gasteiger partial charge in [-0.3, -0.25) is 23.4 Å². The molecular weight excluding hydrogens is 795 g/mol. The molecule has 0 aromatic heterocycles. The van der Waals surface area contributed by atoms with Crippen LogP contribution in [0, 0.1) is 0 Å². The molecule has 14 nitrogen and oxygen atoms in total. The van der Waals surface area contributed by atoms with E-state index in [1.807, 2.05) is 36.5 Å². The zero-order valence-corrected chi connectivity index (χ0v) is 36.6. The number of hydrogen-bond acceptors (Lipinski definition) is 13. The van der Waals surface area contributed by atoms with Crippen LogP contribution in [0.1, 0.15) is 136 Å². The number of phosphoric acid groups is 1. The number of hydrogen-bond donors (Lipinski definition) is 6. The number of ketones is 1. The van der Waals surface area contributed by atoms with Crippen LogP contribution in [0.25, 0.3) is 0 Å². The molecule has 0 aromatic carbocycles. The molecule has 0 heterocycles. The third-order valence-electron chi connectivity index (χ3n) is 9.48. The highest BCUT2D eigenvalue weighted by atomic mass is 31.2. The summed E-state index contributed by atoms with van der Waals surface area (Å²) in [5.74, 6) is -1.09. The molecule has 15 heteroatoms. The van der Waals surface area contributed by atoms with Gasteiger partial charge in [-0.15, -0.1) is 0 Å². The first-order valence-corrected chi connectivity index (χ1v) is 23.2. The fourth-order valence-corrected chi connectivity index (χ4v) is 6.89. The van der Waals surface area contributed by atoms with Crippen molar-refractivity contribution in [1.29, 1.82) is 0 Å². The lowest BCUT2D eigenvalue weighted by molar-refractivity contribution is -0.220. The lowest BCUT2D eigenvalue weighted by Crippen LogP contribution is -2.64. The predicted molar refractivity (Wildman–Crippen MR) is 230 cm³/mol. The minimum atomic E-state index is -5.15. The van der Waals surface area contributed by atoms with Gasteiger partial charge in [0, 0.05) is 19.3 Å². The number of carbonyl (C=O) groups excluding carboxylic acids is 3. The van der Waals surface area contributed by atoms with E-state index in [1.165, 1.54) is 0 Å². The number of aliphatic hydroxyl groups is 5. The molecule has 0 bridgehead atoms. The first-order chi connectivity index (χ1) is 28.8. The van der Waals surface area contributed by atoms with Crippen LogP contribution in [0.5, 0.6) is 0 Å². The van der Waals surface area contributed by atoms with E-state index in [4.69, 9.17) is 18.5 Å². The summed E-state index contributed by atoms with van der Waals surface area (Å²) >= 11 is 0. The third-order valence-corrected chi connectivity index (χ3v) is 10.5. The van der Waals surface area contributed by atoms with Gasteiger partial charge >= 0.3 is 19.8 Å². The third kappa shape index (κ3) is 27.0. The lowest BCUT2D eigenvalue weighted by Gasteiger charge is -2.41. The van der Waals surface area contributed by atoms with Crippen molar-refractivity contribution in [2.75, 3.05) is 13.2 Å². The highest BCUT2D eigenvalue weighted by Crippen LogP contribution is 2.47. The molecule has 0 amide bonds. The molecule has 6 N–H and O–H groups in total. The van der Waals surface area contributed by atoms with Gasteiger partial charge in [-0.05, 0) is 70.3 Å². The van der Waals surface area contributed by atoms with Gasteiger partial charge in [-0.25, -0.2) is 4.57 Å². The topological polar surface area (TPSA) is 227 Å². The average molecular weight is 869 g/mol. The number of allylic oxidation sites excluding steroid dienone is 12. The molecule has 1 fully saturated rings. The molecule has 342 valence electrons. The Hall–Kier alpha value is -3.04. The molecule has 0 aliphatic heterocycles. The Kier molecular flexibility index (Phi) is 31.6. The van der Waals surface area contributed by atoms with Crippen LogP contribution in [0.4, 0.5) is 0 Å². The Morgan fingerprint density at radius 3 is 1.75 bits per heavy atom. The van der Waals surface area contributed by atoms with Crippen molar-refractivity contribution in [1.82, 2.24) is 0 Å². The highest BCUT2D eigenvalue weighted by Gasteiger charge is 2.51. The SMILES string of the molecule is CCC/C=C\C/C=C\CCCCCCCC(=O)O[C@H](COC(=O)CCC/C=C\C/C=C\C/C=C\C=C\C(=O)CCCCC)COP(=O)(O)OC1[C@H](O)[C@H](O)C(O)[C@H](O)[C@H]1O. The zero-order valence-electron chi connectivity index (χ0n) is 35.7. The van der Waals surface area contributed by atoms with Crippen molar-refractivity contribution >= 4 is 25.5 Å². The van der Waals surface area contributed by atoms with Crippen LogP contribution in [-0.4, -0.2) is 104 Å². The molecule has 0 aromatic rings. The molecule has 0 spiro atoms. The summed E-state index contributed by atoms with van der Waals surface area (Å²) in [6, 6.07) is 0. The number of esters is 2. The minimum Gasteiger partial charge on any atom is -0.462 e. The molecular formula is C45H73O14P. The molecule has 1 saturated carbocycles. The van der Waals surface area contributed by atoms with Crippen LogP contribution in [-0.2, 0) is 37.5 Å². The second-order valence-electron chi connectivity index (χ2n) is 14.9. The van der Waals surface area contributed by atoms with Gasteiger partial charge in [-0.1, -0.05) is 119 Å². The Morgan fingerprint density at radius 2 is 1.10 bits per heavy atom. The number of phosphoric ester groups is 1. The lowest BCUT2D eigenvalue weighted by atomic mass is 9.85. The number of aliphatic hydroxyl groups excluding tert-OH is 5. The Labute approximate surface area is 357 Å². The van der Waals surface area contributed by atoms with Crippen LogP contribution >= 0.6 is 7.82 Å². The monoisotopic (exact) mass is 868 g/mol. The molecule has 0 saturated heterocycles. The molecule has 0 radical (unpaired) electrons. The van der Waals surface area contributed by atoms with E-state index in [-0.39, 0.29) is 18.6 Å². The van der Waals surface area contributed by atoms with Crippen molar-refractivity contribution in [3.63, 3.8) is 0 Å². The van der Waals surface area contributed by atoms with Crippen LogP contribution < -0.4 is 0 Å². The number of unbranched alkanes of at least 4 members (excludes halogenated alkanes) is 9. The predicted octanol–water partition coefficient (Wildman–Crippen LogP) is 7.12. The summed E-state index contributed by atoms with van der Waals surface area (Å²) in [7, 11) is -5.15. The fourth-order valence-electron chi connectivity index (χ4n) is 5.92. The van der Waals surface area contributed by atoms with Gasteiger partial charge in [0.25, 0.3) is 0 Å². The quantitative estimate of drug-likeness (QED) is 0.00946. The first kappa shape index (κ1) is 55.0. The van der Waals surface area contributed by atoms with Crippen molar-refractivity contribution in [2.24, 2.45) is 0 Å². The minimum absolute atomic E-state index is 0.0529. The van der Waals surface area contributed by atoms with Crippen LogP contribution in [0.15, 0.2) is 72.9 Å². The average Bonchev–Trinajstić information content (AvgIpc) is 3.22. The smallest absolute Gasteiger partial charge is 0.462 e. The van der Waals surface area contributed by atoms with Gasteiger partial charge in [0.1, 0.15) is 43.2 Å². The van der Waals surface area contributed by atoms with E-state index in [9.17, 15) is 49.4 Å². The maximum atomic E-state index is 12.8. The molecule has 1 aliphatic carbocycles. The van der Waals surface area contributed by atoms with E-state index >= 15 is 0 Å². The van der Waals surface area contributed by atoms with E-state index in [0.29, 0.717) is 32.1 Å². The van der Waals surface area contributed by atoms with Crippen LogP contribution in [0.3, 0.4) is 0 Å². The van der Waals surface area contributed by atoms with E-state index in [0.717, 1.165) is 77.0 Å². The normalized spacial score (nSPS) is 22.8. The summed E-state index contributed by atoms with van der Waals surface area (Å²) in [5.41, 5.74) is 0. The summed E-state index contributed by atoms with van der Waals surface area (Å²) < 4.78 is 33.3. The summed E-state index contributed by atoms with van der Waals surface area (Å²) in [4.78, 5) is 47.3. The molecule has 3 unspecified atom stereocenters. The van der Waals surface area contributed by atoms with Gasteiger partial charge < -0.3 is 39.9 Å². The highest BCUT2D eigenvalue weighted by molar-refractivity contribution is 7.47. The molecule has 1 rings (SSSR count). The number of rotatable bonds is 34. The maximum absolute atomic E-state index is 12.8. The summed E-state index contributed by atoms with van der Waals surface area (Å²) in [5, 5.41) is 50.0. The van der Waals surface area contributed by atoms with E-state index < -0.39 is 75.7 Å².